The number of carbonyl (C=O) groups is 3. The molecule has 23 heavy (non-hydrogen) atoms. The molecule has 0 spiro atoms. The van der Waals surface area contributed by atoms with Crippen molar-refractivity contribution in [3.8, 4) is 11.5 Å². The van der Waals surface area contributed by atoms with Gasteiger partial charge in [-0.1, -0.05) is 30.8 Å². The van der Waals surface area contributed by atoms with Crippen molar-refractivity contribution in [1.29, 1.82) is 0 Å². The molecule has 1 aliphatic rings. The van der Waals surface area contributed by atoms with Gasteiger partial charge in [-0.15, -0.1) is 0 Å². The number of aromatic hydroxyl groups is 1. The van der Waals surface area contributed by atoms with Crippen LogP contribution >= 0.6 is 0 Å². The van der Waals surface area contributed by atoms with Crippen molar-refractivity contribution in [2.75, 3.05) is 0 Å². The van der Waals surface area contributed by atoms with E-state index in [1.807, 2.05) is 0 Å². The highest BCUT2D eigenvalue weighted by atomic mass is 16.5. The quantitative estimate of drug-likeness (QED) is 0.523. The largest absolute Gasteiger partial charge is 0.507 e. The highest BCUT2D eigenvalue weighted by Crippen LogP contribution is 2.43. The van der Waals surface area contributed by atoms with E-state index in [4.69, 9.17) is 4.74 Å². The monoisotopic (exact) mass is 310 g/mol. The van der Waals surface area contributed by atoms with E-state index in [0.717, 1.165) is 0 Å². The number of hydrogen-bond donors (Lipinski definition) is 1. The molecule has 1 N–H and O–H groups in total. The van der Waals surface area contributed by atoms with Crippen LogP contribution in [0, 0.1) is 0 Å². The molecule has 0 amide bonds. The highest BCUT2D eigenvalue weighted by Gasteiger charge is 2.33. The van der Waals surface area contributed by atoms with Gasteiger partial charge in [-0.25, -0.2) is 4.79 Å². The zero-order chi connectivity index (χ0) is 16.7. The number of Topliss-reactive ketones (excluding diaryl/α,β-unsaturated/α-hetero) is 2. The molecule has 0 aromatic heterocycles. The molecule has 0 aliphatic heterocycles. The number of fused-ring (bicyclic) bond motifs is 2. The van der Waals surface area contributed by atoms with Gasteiger partial charge in [0.15, 0.2) is 17.3 Å². The van der Waals surface area contributed by atoms with Crippen LogP contribution in [0.5, 0.6) is 11.5 Å². The first-order valence-corrected chi connectivity index (χ1v) is 7.13. The molecule has 116 valence electrons. The fourth-order valence-electron chi connectivity index (χ4n) is 2.69. The lowest BCUT2D eigenvalue weighted by atomic mass is 9.85. The molecule has 0 bridgehead atoms. The van der Waals surface area contributed by atoms with E-state index in [2.05, 4.69) is 6.58 Å². The molecule has 2 aromatic carbocycles. The molecule has 0 atom stereocenters. The molecule has 5 nitrogen and oxygen atoms in total. The number of hydrogen-bond acceptors (Lipinski definition) is 5. The Balaban J connectivity index is 2.40. The second kappa shape index (κ2) is 5.35. The van der Waals surface area contributed by atoms with Crippen LogP contribution in [-0.4, -0.2) is 22.6 Å². The van der Waals surface area contributed by atoms with Crippen LogP contribution in [-0.2, 0) is 4.79 Å². The van der Waals surface area contributed by atoms with E-state index in [1.54, 1.807) is 24.3 Å². The van der Waals surface area contributed by atoms with Gasteiger partial charge in [-0.3, -0.25) is 9.59 Å². The Labute approximate surface area is 132 Å². The van der Waals surface area contributed by atoms with Crippen LogP contribution in [0.1, 0.15) is 40.5 Å². The van der Waals surface area contributed by atoms with Gasteiger partial charge < -0.3 is 9.84 Å². The standard InChI is InChI=1S/C18H14O5/c1-9(2)18(22)23-17-11-6-4-3-5-10(11)16(21)14-12(19)7-8-13(20)15(14)17/h3-6,21H,1,7-8H2,2H3. The summed E-state index contributed by atoms with van der Waals surface area (Å²) in [5, 5.41) is 11.2. The van der Waals surface area contributed by atoms with E-state index in [-0.39, 0.29) is 52.6 Å². The maximum Gasteiger partial charge on any atom is 0.338 e. The van der Waals surface area contributed by atoms with E-state index < -0.39 is 5.97 Å². The second-order valence-corrected chi connectivity index (χ2v) is 5.49. The van der Waals surface area contributed by atoms with Crippen molar-refractivity contribution in [1.82, 2.24) is 0 Å². The van der Waals surface area contributed by atoms with Gasteiger partial charge in [0.25, 0.3) is 0 Å². The summed E-state index contributed by atoms with van der Waals surface area (Å²) >= 11 is 0. The Bertz CT molecular complexity index is 892. The van der Waals surface area contributed by atoms with Crippen molar-refractivity contribution in [3.05, 3.63) is 47.5 Å². The predicted octanol–water partition coefficient (Wildman–Crippen LogP) is 3.19. The molecule has 5 heteroatoms. The number of ketones is 2. The third-order valence-electron chi connectivity index (χ3n) is 3.82. The minimum atomic E-state index is -0.686. The molecule has 2 aromatic rings. The average molecular weight is 310 g/mol. The highest BCUT2D eigenvalue weighted by molar-refractivity contribution is 6.21. The number of esters is 1. The SMILES string of the molecule is C=C(C)C(=O)Oc1c2c(c(O)c3ccccc13)C(=O)CCC2=O. The predicted molar refractivity (Wildman–Crippen MR) is 84.0 cm³/mol. The molecular formula is C18H14O5. The maximum absolute atomic E-state index is 12.3. The van der Waals surface area contributed by atoms with Gasteiger partial charge in [0.2, 0.25) is 0 Å². The Morgan fingerprint density at radius 1 is 1.09 bits per heavy atom. The summed E-state index contributed by atoms with van der Waals surface area (Å²) in [6.07, 6.45) is 0.0623. The third-order valence-corrected chi connectivity index (χ3v) is 3.82. The molecule has 0 radical (unpaired) electrons. The Morgan fingerprint density at radius 3 is 2.26 bits per heavy atom. The minimum Gasteiger partial charge on any atom is -0.507 e. The zero-order valence-electron chi connectivity index (χ0n) is 12.5. The molecule has 0 fully saturated rings. The normalized spacial score (nSPS) is 13.8. The van der Waals surface area contributed by atoms with Gasteiger partial charge >= 0.3 is 5.97 Å². The van der Waals surface area contributed by atoms with Crippen LogP contribution in [0.2, 0.25) is 0 Å². The number of ether oxygens (including phenoxy) is 1. The number of benzene rings is 2. The Morgan fingerprint density at radius 2 is 1.65 bits per heavy atom. The minimum absolute atomic E-state index is 0.0134. The van der Waals surface area contributed by atoms with Crippen LogP contribution in [0.4, 0.5) is 0 Å². The Kier molecular flexibility index (Phi) is 3.48. The first-order valence-electron chi connectivity index (χ1n) is 7.13. The van der Waals surface area contributed by atoms with E-state index in [1.165, 1.54) is 6.92 Å². The van der Waals surface area contributed by atoms with Gasteiger partial charge in [-0.2, -0.15) is 0 Å². The molecule has 0 heterocycles. The van der Waals surface area contributed by atoms with Crippen molar-refractivity contribution < 1.29 is 24.2 Å². The molecule has 0 saturated carbocycles. The molecule has 0 saturated heterocycles. The van der Waals surface area contributed by atoms with Crippen molar-refractivity contribution in [2.24, 2.45) is 0 Å². The fraction of sp³-hybridized carbons (Fsp3) is 0.167. The number of carbonyl (C=O) groups excluding carboxylic acids is 3. The van der Waals surface area contributed by atoms with E-state index in [9.17, 15) is 19.5 Å². The maximum atomic E-state index is 12.3. The lowest BCUT2D eigenvalue weighted by Crippen LogP contribution is -2.20. The average Bonchev–Trinajstić information content (AvgIpc) is 2.53. The molecule has 0 unspecified atom stereocenters. The Hall–Kier alpha value is -2.95. The zero-order valence-corrected chi connectivity index (χ0v) is 12.5. The summed E-state index contributed by atoms with van der Waals surface area (Å²) in [6, 6.07) is 6.62. The topological polar surface area (TPSA) is 80.7 Å². The van der Waals surface area contributed by atoms with Crippen molar-refractivity contribution >= 4 is 28.3 Å². The lowest BCUT2D eigenvalue weighted by Gasteiger charge is -2.21. The molecule has 1 aliphatic carbocycles. The second-order valence-electron chi connectivity index (χ2n) is 5.49. The summed E-state index contributed by atoms with van der Waals surface area (Å²) in [5.74, 6) is -1.59. The third kappa shape index (κ3) is 2.30. The number of rotatable bonds is 2. The smallest absolute Gasteiger partial charge is 0.338 e. The summed E-state index contributed by atoms with van der Waals surface area (Å²) < 4.78 is 5.34. The van der Waals surface area contributed by atoms with Crippen LogP contribution < -0.4 is 4.74 Å². The summed E-state index contributed by atoms with van der Waals surface area (Å²) in [7, 11) is 0. The van der Waals surface area contributed by atoms with Crippen LogP contribution in [0.25, 0.3) is 10.8 Å². The van der Waals surface area contributed by atoms with E-state index in [0.29, 0.717) is 10.8 Å². The van der Waals surface area contributed by atoms with Gasteiger partial charge in [0, 0.05) is 29.2 Å². The number of phenols is 1. The molecular weight excluding hydrogens is 296 g/mol. The first kappa shape index (κ1) is 15.0. The summed E-state index contributed by atoms with van der Waals surface area (Å²) in [5.41, 5.74) is 0.0852. The van der Waals surface area contributed by atoms with Crippen LogP contribution in [0.3, 0.4) is 0 Å². The van der Waals surface area contributed by atoms with E-state index >= 15 is 0 Å². The first-order chi connectivity index (χ1) is 10.9. The van der Waals surface area contributed by atoms with Gasteiger partial charge in [0.05, 0.1) is 11.1 Å². The van der Waals surface area contributed by atoms with Crippen molar-refractivity contribution in [2.45, 2.75) is 19.8 Å². The van der Waals surface area contributed by atoms with Gasteiger partial charge in [-0.05, 0) is 6.92 Å². The lowest BCUT2D eigenvalue weighted by molar-refractivity contribution is -0.130. The summed E-state index contributed by atoms with van der Waals surface area (Å²) in [4.78, 5) is 36.5. The van der Waals surface area contributed by atoms with Gasteiger partial charge in [0.1, 0.15) is 5.75 Å². The fourth-order valence-corrected chi connectivity index (χ4v) is 2.69. The number of phenolic OH excluding ortho intramolecular Hbond substituents is 1. The van der Waals surface area contributed by atoms with Crippen molar-refractivity contribution in [3.63, 3.8) is 0 Å². The summed E-state index contributed by atoms with van der Waals surface area (Å²) in [6.45, 7) is 5.01. The van der Waals surface area contributed by atoms with Crippen LogP contribution in [0.15, 0.2) is 36.4 Å². The molecule has 3 rings (SSSR count).